The molecule has 0 bridgehead atoms. The summed E-state index contributed by atoms with van der Waals surface area (Å²) in [7, 11) is 0. The van der Waals surface area contributed by atoms with Gasteiger partial charge in [0.25, 0.3) is 12.1 Å². The fourth-order valence-electron chi connectivity index (χ4n) is 2.40. The highest BCUT2D eigenvalue weighted by molar-refractivity contribution is 5.35. The van der Waals surface area contributed by atoms with E-state index in [1.165, 1.54) is 0 Å². The molecule has 0 aromatic heterocycles. The largest absolute Gasteiger partial charge is 0.425 e. The predicted molar refractivity (Wildman–Crippen MR) is 54.5 cm³/mol. The summed E-state index contributed by atoms with van der Waals surface area (Å²) in [6, 6.07) is 0. The second-order valence-electron chi connectivity index (χ2n) is 4.83. The van der Waals surface area contributed by atoms with E-state index in [2.05, 4.69) is 4.99 Å². The Morgan fingerprint density at radius 3 is 2.05 bits per heavy atom. The normalized spacial score (nSPS) is 21.6. The molecule has 1 rings (SSSR count). The summed E-state index contributed by atoms with van der Waals surface area (Å²) >= 11 is 0. The van der Waals surface area contributed by atoms with Gasteiger partial charge in [-0.2, -0.15) is 18.2 Å². The lowest BCUT2D eigenvalue weighted by atomic mass is 9.77. The van der Waals surface area contributed by atoms with Gasteiger partial charge in [-0.25, -0.2) is 18.0 Å². The van der Waals surface area contributed by atoms with Crippen LogP contribution >= 0.6 is 0 Å². The quantitative estimate of drug-likeness (QED) is 0.438. The minimum atomic E-state index is -5.63. The van der Waals surface area contributed by atoms with Crippen LogP contribution in [0.15, 0.2) is 4.99 Å². The molecule has 1 saturated carbocycles. The Morgan fingerprint density at radius 1 is 1.11 bits per heavy atom. The molecule has 8 heteroatoms. The van der Waals surface area contributed by atoms with Crippen molar-refractivity contribution in [3.05, 3.63) is 0 Å². The van der Waals surface area contributed by atoms with Crippen molar-refractivity contribution in [3.63, 3.8) is 0 Å². The molecule has 0 spiro atoms. The fraction of sp³-hybridized carbons (Fsp3) is 0.909. The van der Waals surface area contributed by atoms with Gasteiger partial charge in [0.05, 0.1) is 5.54 Å². The summed E-state index contributed by atoms with van der Waals surface area (Å²) in [6.45, 7) is 0. The fourth-order valence-corrected chi connectivity index (χ4v) is 2.40. The third-order valence-electron chi connectivity index (χ3n) is 3.29. The standard InChI is InChI=1S/C11H13F6NO/c12-8(11(15,16)17)10(13,14)6-9(18-7-19)4-2-1-3-5-9/h8H,1-6H2. The molecule has 1 aliphatic rings. The van der Waals surface area contributed by atoms with Crippen LogP contribution < -0.4 is 0 Å². The molecule has 0 amide bonds. The first-order valence-corrected chi connectivity index (χ1v) is 5.81. The highest BCUT2D eigenvalue weighted by Crippen LogP contribution is 2.45. The number of halogens is 6. The second-order valence-corrected chi connectivity index (χ2v) is 4.83. The van der Waals surface area contributed by atoms with E-state index in [0.717, 1.165) is 12.5 Å². The van der Waals surface area contributed by atoms with Crippen molar-refractivity contribution in [1.82, 2.24) is 0 Å². The van der Waals surface area contributed by atoms with Crippen LogP contribution in [0.2, 0.25) is 0 Å². The first-order valence-electron chi connectivity index (χ1n) is 5.81. The van der Waals surface area contributed by atoms with Crippen molar-refractivity contribution < 1.29 is 31.1 Å². The molecular formula is C11H13F6NO. The number of nitrogens with zero attached hydrogens (tertiary/aromatic N) is 1. The Bertz CT molecular complexity index is 355. The summed E-state index contributed by atoms with van der Waals surface area (Å²) in [5, 5.41) is 0. The summed E-state index contributed by atoms with van der Waals surface area (Å²) in [4.78, 5) is 13.5. The van der Waals surface area contributed by atoms with E-state index in [1.54, 1.807) is 0 Å². The van der Waals surface area contributed by atoms with Crippen LogP contribution in [0.1, 0.15) is 38.5 Å². The Hall–Kier alpha value is -1.04. The van der Waals surface area contributed by atoms with Crippen LogP contribution in [0.3, 0.4) is 0 Å². The van der Waals surface area contributed by atoms with Crippen molar-refractivity contribution in [1.29, 1.82) is 0 Å². The van der Waals surface area contributed by atoms with Crippen molar-refractivity contribution in [2.45, 2.75) is 62.3 Å². The maximum atomic E-state index is 13.4. The zero-order chi connectivity index (χ0) is 14.7. The van der Waals surface area contributed by atoms with Crippen LogP contribution in [0.25, 0.3) is 0 Å². The number of rotatable bonds is 4. The minimum Gasteiger partial charge on any atom is -0.231 e. The van der Waals surface area contributed by atoms with Crippen LogP contribution in [0, 0.1) is 0 Å². The molecular weight excluding hydrogens is 276 g/mol. The zero-order valence-electron chi connectivity index (χ0n) is 9.94. The third-order valence-corrected chi connectivity index (χ3v) is 3.29. The van der Waals surface area contributed by atoms with E-state index in [0.29, 0.717) is 12.8 Å². The number of aliphatic imine (C=N–C) groups is 1. The van der Waals surface area contributed by atoms with Crippen LogP contribution in [-0.2, 0) is 4.79 Å². The average Bonchev–Trinajstić information content (AvgIpc) is 2.27. The van der Waals surface area contributed by atoms with Gasteiger partial charge in [0.15, 0.2) is 0 Å². The first kappa shape index (κ1) is 16.0. The van der Waals surface area contributed by atoms with Crippen LogP contribution in [0.4, 0.5) is 26.3 Å². The lowest BCUT2D eigenvalue weighted by molar-refractivity contribution is -0.249. The van der Waals surface area contributed by atoms with Crippen LogP contribution in [0.5, 0.6) is 0 Å². The van der Waals surface area contributed by atoms with Crippen molar-refractivity contribution in [2.24, 2.45) is 4.99 Å². The van der Waals surface area contributed by atoms with Crippen molar-refractivity contribution in [2.75, 3.05) is 0 Å². The monoisotopic (exact) mass is 289 g/mol. The second kappa shape index (κ2) is 5.53. The molecule has 0 N–H and O–H groups in total. The molecule has 0 aromatic rings. The molecule has 0 saturated heterocycles. The number of isocyanates is 1. The smallest absolute Gasteiger partial charge is 0.231 e. The van der Waals surface area contributed by atoms with Gasteiger partial charge in [0.1, 0.15) is 0 Å². The van der Waals surface area contributed by atoms with Gasteiger partial charge in [-0.15, -0.1) is 0 Å². The van der Waals surface area contributed by atoms with Gasteiger partial charge in [-0.3, -0.25) is 0 Å². The van der Waals surface area contributed by atoms with Crippen molar-refractivity contribution in [3.8, 4) is 0 Å². The van der Waals surface area contributed by atoms with E-state index in [9.17, 15) is 31.1 Å². The van der Waals surface area contributed by atoms with E-state index in [1.807, 2.05) is 0 Å². The molecule has 0 aromatic carbocycles. The minimum absolute atomic E-state index is 0.0441. The summed E-state index contributed by atoms with van der Waals surface area (Å²) in [5.74, 6) is -4.60. The Balaban J connectivity index is 2.92. The average molecular weight is 289 g/mol. The van der Waals surface area contributed by atoms with Gasteiger partial charge in [0.2, 0.25) is 6.08 Å². The van der Waals surface area contributed by atoms with Gasteiger partial charge >= 0.3 is 6.18 Å². The molecule has 1 aliphatic carbocycles. The molecule has 1 unspecified atom stereocenters. The number of hydrogen-bond donors (Lipinski definition) is 0. The van der Waals surface area contributed by atoms with Gasteiger partial charge in [-0.05, 0) is 12.8 Å². The highest BCUT2D eigenvalue weighted by Gasteiger charge is 2.59. The summed E-state index contributed by atoms with van der Waals surface area (Å²) in [5.41, 5.74) is -1.63. The summed E-state index contributed by atoms with van der Waals surface area (Å²) in [6.07, 6.45) is -8.45. The molecule has 1 fully saturated rings. The van der Waals surface area contributed by atoms with E-state index < -0.39 is 30.2 Å². The number of alkyl halides is 6. The van der Waals surface area contributed by atoms with Gasteiger partial charge in [0, 0.05) is 6.42 Å². The third kappa shape index (κ3) is 3.96. The zero-order valence-corrected chi connectivity index (χ0v) is 9.94. The molecule has 2 nitrogen and oxygen atoms in total. The number of hydrogen-bond acceptors (Lipinski definition) is 2. The lowest BCUT2D eigenvalue weighted by Gasteiger charge is -2.36. The van der Waals surface area contributed by atoms with Gasteiger partial charge in [-0.1, -0.05) is 19.3 Å². The summed E-state index contributed by atoms with van der Waals surface area (Å²) < 4.78 is 75.7. The van der Waals surface area contributed by atoms with E-state index in [4.69, 9.17) is 0 Å². The van der Waals surface area contributed by atoms with Gasteiger partial charge < -0.3 is 0 Å². The lowest BCUT2D eigenvalue weighted by Crippen LogP contribution is -2.47. The Labute approximate surface area is 105 Å². The Kier molecular flexibility index (Phi) is 4.66. The maximum absolute atomic E-state index is 13.4. The van der Waals surface area contributed by atoms with E-state index >= 15 is 0 Å². The van der Waals surface area contributed by atoms with Crippen molar-refractivity contribution >= 4 is 6.08 Å². The molecule has 19 heavy (non-hydrogen) atoms. The first-order chi connectivity index (χ1) is 8.63. The topological polar surface area (TPSA) is 29.4 Å². The maximum Gasteiger partial charge on any atom is 0.425 e. The highest BCUT2D eigenvalue weighted by atomic mass is 19.4. The molecule has 0 radical (unpaired) electrons. The Morgan fingerprint density at radius 2 is 1.63 bits per heavy atom. The SMILES string of the molecule is O=C=NC1(CC(F)(F)C(F)C(F)(F)F)CCCCC1. The number of carbonyl (C=O) groups excluding carboxylic acids is 1. The molecule has 0 aliphatic heterocycles. The molecule has 1 atom stereocenters. The molecule has 110 valence electrons. The molecule has 0 heterocycles. The predicted octanol–water partition coefficient (Wildman–Crippen LogP) is 3.95. The van der Waals surface area contributed by atoms with E-state index in [-0.39, 0.29) is 12.8 Å². The van der Waals surface area contributed by atoms with Crippen LogP contribution in [-0.4, -0.2) is 29.9 Å².